The van der Waals surface area contributed by atoms with Crippen molar-refractivity contribution in [3.05, 3.63) is 96.1 Å². The summed E-state index contributed by atoms with van der Waals surface area (Å²) in [4.78, 5) is -1.74. The molecular weight excluding hydrogens is 777 g/mol. The Bertz CT molecular complexity index is 2230. The molecule has 0 fully saturated rings. The minimum Gasteiger partial charge on any atom is -0.332 e. The second kappa shape index (κ2) is 15.0. The van der Waals surface area contributed by atoms with E-state index in [0.29, 0.717) is 22.5 Å². The minimum absolute atomic E-state index is 0.0913. The average Bonchev–Trinajstić information content (AvgIpc) is 2.99. The molecule has 0 atom stereocenters. The van der Waals surface area contributed by atoms with Crippen molar-refractivity contribution in [2.24, 2.45) is 0 Å². The average molecular weight is 803 g/mol. The fourth-order valence-electron chi connectivity index (χ4n) is 4.36. The maximum absolute atomic E-state index is 12.2. The molecule has 0 aromatic heterocycles. The molecule has 0 saturated heterocycles. The van der Waals surface area contributed by atoms with Crippen molar-refractivity contribution in [1.82, 2.24) is 0 Å². The Kier molecular flexibility index (Phi) is 11.6. The molecule has 16 nitrogen and oxygen atoms in total. The summed E-state index contributed by atoms with van der Waals surface area (Å²) in [7, 11) is -18.4. The lowest BCUT2D eigenvalue weighted by molar-refractivity contribution is 0.481. The van der Waals surface area contributed by atoms with Gasteiger partial charge in [0.2, 0.25) is 0 Å². The summed E-state index contributed by atoms with van der Waals surface area (Å²) in [6.07, 6.45) is 0.311. The summed E-state index contributed by atoms with van der Waals surface area (Å²) in [5.41, 5.74) is 1.26. The molecule has 0 amide bonds. The Morgan fingerprint density at radius 2 is 0.780 bits per heavy atom. The van der Waals surface area contributed by atoms with E-state index in [1.807, 2.05) is 0 Å². The Morgan fingerprint density at radius 3 is 1.06 bits per heavy atom. The van der Waals surface area contributed by atoms with E-state index in [0.717, 1.165) is 24.3 Å². The molecule has 22 heteroatoms. The van der Waals surface area contributed by atoms with Gasteiger partial charge in [0.25, 0.3) is 40.5 Å². The summed E-state index contributed by atoms with van der Waals surface area (Å²) in [5.74, 6) is 0. The van der Waals surface area contributed by atoms with Crippen LogP contribution in [0.3, 0.4) is 0 Å². The molecule has 4 aromatic rings. The van der Waals surface area contributed by atoms with E-state index in [1.54, 1.807) is 0 Å². The van der Waals surface area contributed by atoms with Crippen molar-refractivity contribution in [2.75, 3.05) is 21.3 Å². The molecule has 50 heavy (non-hydrogen) atoms. The quantitative estimate of drug-likeness (QED) is 0.0784. The molecule has 0 spiro atoms. The first-order valence-corrected chi connectivity index (χ1v) is 20.2. The third-order valence-corrected chi connectivity index (χ3v) is 10.6. The van der Waals surface area contributed by atoms with Crippen molar-refractivity contribution in [3.63, 3.8) is 0 Å². The van der Waals surface area contributed by atoms with Crippen LogP contribution in [-0.4, -0.2) is 62.1 Å². The highest BCUT2D eigenvalue weighted by atomic mass is 32.2. The van der Waals surface area contributed by atoms with Crippen molar-refractivity contribution in [2.45, 2.75) is 32.4 Å². The first-order valence-electron chi connectivity index (χ1n) is 13.6. The van der Waals surface area contributed by atoms with Crippen LogP contribution in [0.2, 0.25) is 0 Å². The fourth-order valence-corrected chi connectivity index (χ4v) is 7.17. The van der Waals surface area contributed by atoms with Gasteiger partial charge in [0.15, 0.2) is 10.2 Å². The molecule has 0 aliphatic heterocycles. The Labute approximate surface area is 297 Å². The van der Waals surface area contributed by atoms with Crippen LogP contribution >= 0.6 is 24.4 Å². The molecule has 0 bridgehead atoms. The number of rotatable bonds is 11. The third kappa shape index (κ3) is 10.7. The van der Waals surface area contributed by atoms with Gasteiger partial charge in [-0.05, 0) is 121 Å². The van der Waals surface area contributed by atoms with Gasteiger partial charge >= 0.3 is 0 Å². The van der Waals surface area contributed by atoms with Crippen LogP contribution < -0.4 is 21.3 Å². The predicted octanol–water partition coefficient (Wildman–Crippen LogP) is 4.08. The molecule has 0 saturated carbocycles. The smallest absolute Gasteiger partial charge is 0.296 e. The molecule has 4 rings (SSSR count). The topological polar surface area (TPSA) is 266 Å². The highest BCUT2D eigenvalue weighted by Crippen LogP contribution is 2.27. The summed E-state index contributed by atoms with van der Waals surface area (Å²) >= 11 is 10.4. The first-order chi connectivity index (χ1) is 23.1. The van der Waals surface area contributed by atoms with Gasteiger partial charge < -0.3 is 21.3 Å². The molecule has 0 heterocycles. The Balaban J connectivity index is 1.46. The predicted molar refractivity (Wildman–Crippen MR) is 192 cm³/mol. The lowest BCUT2D eigenvalue weighted by Gasteiger charge is -2.15. The number of anilines is 4. The van der Waals surface area contributed by atoms with E-state index < -0.39 is 50.3 Å². The first kappa shape index (κ1) is 38.7. The number of hydrogen-bond donors (Lipinski definition) is 8. The van der Waals surface area contributed by atoms with Crippen LogP contribution in [0.5, 0.6) is 0 Å². The monoisotopic (exact) mass is 802 g/mol. The molecule has 0 aliphatic carbocycles. The van der Waals surface area contributed by atoms with Gasteiger partial charge in [0, 0.05) is 11.4 Å². The maximum atomic E-state index is 12.2. The van der Waals surface area contributed by atoms with Crippen molar-refractivity contribution >= 4 is 97.9 Å². The normalized spacial score (nSPS) is 12.2. The van der Waals surface area contributed by atoms with Gasteiger partial charge in [0.1, 0.15) is 9.79 Å². The van der Waals surface area contributed by atoms with Crippen LogP contribution in [0.1, 0.15) is 11.1 Å². The van der Waals surface area contributed by atoms with Gasteiger partial charge in [-0.25, -0.2) is 0 Å². The van der Waals surface area contributed by atoms with Gasteiger partial charge in [0.05, 0.1) is 21.2 Å². The highest BCUT2D eigenvalue weighted by molar-refractivity contribution is 7.86. The number of benzene rings is 4. The summed E-state index contributed by atoms with van der Waals surface area (Å²) in [5, 5.41) is 10.5. The lowest BCUT2D eigenvalue weighted by Crippen LogP contribution is -2.21. The van der Waals surface area contributed by atoms with E-state index in [-0.39, 0.29) is 44.2 Å². The Morgan fingerprint density at radius 1 is 0.460 bits per heavy atom. The zero-order valence-corrected chi connectivity index (χ0v) is 29.9. The van der Waals surface area contributed by atoms with Crippen LogP contribution in [0, 0.1) is 0 Å². The van der Waals surface area contributed by atoms with Crippen molar-refractivity contribution < 1.29 is 51.9 Å². The van der Waals surface area contributed by atoms with Crippen LogP contribution in [-0.2, 0) is 53.3 Å². The van der Waals surface area contributed by atoms with Crippen LogP contribution in [0.15, 0.2) is 105 Å². The fraction of sp³-hybridized carbons (Fsp3) is 0.0714. The van der Waals surface area contributed by atoms with Gasteiger partial charge in [-0.2, -0.15) is 33.7 Å². The van der Waals surface area contributed by atoms with E-state index in [4.69, 9.17) is 33.5 Å². The van der Waals surface area contributed by atoms with Crippen LogP contribution in [0.4, 0.5) is 22.7 Å². The van der Waals surface area contributed by atoms with Gasteiger partial charge in [-0.15, -0.1) is 0 Å². The highest BCUT2D eigenvalue weighted by Gasteiger charge is 2.20. The summed E-state index contributed by atoms with van der Waals surface area (Å²) in [6.45, 7) is 0. The molecular formula is C28H26N4O12S6. The third-order valence-electron chi connectivity index (χ3n) is 6.67. The van der Waals surface area contributed by atoms with E-state index in [1.165, 1.54) is 60.7 Å². The molecule has 0 aliphatic rings. The molecule has 0 radical (unpaired) electrons. The van der Waals surface area contributed by atoms with Gasteiger partial charge in [-0.3, -0.25) is 18.2 Å². The van der Waals surface area contributed by atoms with Gasteiger partial charge in [-0.1, -0.05) is 12.1 Å². The summed E-state index contributed by atoms with van der Waals surface area (Å²) < 4.78 is 132. The number of hydrogen-bond acceptors (Lipinski definition) is 10. The van der Waals surface area contributed by atoms with Crippen LogP contribution in [0.25, 0.3) is 0 Å². The largest absolute Gasteiger partial charge is 0.332 e. The molecule has 4 aromatic carbocycles. The molecule has 8 N–H and O–H groups in total. The number of thiocarbonyl (C=S) groups is 2. The zero-order valence-electron chi connectivity index (χ0n) is 25.0. The summed E-state index contributed by atoms with van der Waals surface area (Å²) in [6, 6.07) is 17.8. The number of nitrogens with one attached hydrogen (secondary N) is 4. The SMILES string of the molecule is O=S(=O)(O)c1ccc(NC(=S)Nc2ccc(CCc3ccc(NC(=S)Nc4ccc(S(=O)(=O)O)cc4)c(S(=O)(=O)O)c3)cc2S(=O)(=O)O)cc1. The maximum Gasteiger partial charge on any atom is 0.296 e. The molecule has 266 valence electrons. The zero-order chi connectivity index (χ0) is 37.1. The Hall–Kier alpha value is -4.10. The minimum atomic E-state index is -4.78. The van der Waals surface area contributed by atoms with Crippen molar-refractivity contribution in [1.29, 1.82) is 0 Å². The molecule has 0 unspecified atom stereocenters. The number of aryl methyl sites for hydroxylation is 2. The van der Waals surface area contributed by atoms with E-state index in [2.05, 4.69) is 21.3 Å². The standard InChI is InChI=1S/C28H26N4O12S6/c33-47(34,35)21-9-5-19(6-10-21)29-27(45)31-23-13-3-17(15-25(23)49(39,40)41)1-2-18-4-14-24(26(16-18)50(42,43)44)32-28(46)30-20-7-11-22(12-8-20)48(36,37)38/h3-16H,1-2H2,(H2,29,31,45)(H2,30,32,46)(H,33,34,35)(H,36,37,38)(H,39,40,41)(H,42,43,44). The second-order valence-electron chi connectivity index (χ2n) is 10.3. The van der Waals surface area contributed by atoms with E-state index >= 15 is 0 Å². The lowest BCUT2D eigenvalue weighted by atomic mass is 10.0. The second-order valence-corrected chi connectivity index (χ2v) is 16.7. The van der Waals surface area contributed by atoms with E-state index in [9.17, 15) is 42.8 Å². The van der Waals surface area contributed by atoms with Crippen molar-refractivity contribution in [3.8, 4) is 0 Å².